The van der Waals surface area contributed by atoms with E-state index in [0.717, 1.165) is 28.1 Å². The minimum Gasteiger partial charge on any atom is -0.390 e. The fraction of sp³-hybridized carbons (Fsp3) is 0.176. The molecule has 0 aliphatic rings. The molecule has 0 radical (unpaired) electrons. The molecule has 0 aliphatic carbocycles. The number of aromatic nitrogens is 3. The Morgan fingerprint density at radius 1 is 1.05 bits per heavy atom. The third kappa shape index (κ3) is 2.45. The Kier molecular flexibility index (Phi) is 3.54. The Morgan fingerprint density at radius 3 is 2.57 bits per heavy atom. The SMILES string of the molecule is Cc1cccc(-n2nnc(CO)c2-c2ccccc2C)c1. The van der Waals surface area contributed by atoms with E-state index < -0.39 is 0 Å². The van der Waals surface area contributed by atoms with Crippen LogP contribution in [0.2, 0.25) is 0 Å². The summed E-state index contributed by atoms with van der Waals surface area (Å²) in [5.74, 6) is 0. The van der Waals surface area contributed by atoms with Gasteiger partial charge in [-0.1, -0.05) is 41.6 Å². The number of aliphatic hydroxyl groups excluding tert-OH is 1. The second kappa shape index (κ2) is 5.50. The van der Waals surface area contributed by atoms with E-state index in [2.05, 4.69) is 16.4 Å². The maximum absolute atomic E-state index is 9.57. The predicted octanol–water partition coefficient (Wildman–Crippen LogP) is 3.04. The number of nitrogens with zero attached hydrogens (tertiary/aromatic N) is 3. The van der Waals surface area contributed by atoms with E-state index >= 15 is 0 Å². The van der Waals surface area contributed by atoms with Crippen LogP contribution in [-0.2, 0) is 6.61 Å². The molecule has 0 unspecified atom stereocenters. The van der Waals surface area contributed by atoms with Crippen LogP contribution in [0.15, 0.2) is 48.5 Å². The molecule has 0 amide bonds. The lowest BCUT2D eigenvalue weighted by molar-refractivity contribution is 0.277. The quantitative estimate of drug-likeness (QED) is 0.801. The van der Waals surface area contributed by atoms with Gasteiger partial charge in [-0.15, -0.1) is 5.10 Å². The number of aliphatic hydroxyl groups is 1. The molecule has 106 valence electrons. The van der Waals surface area contributed by atoms with Gasteiger partial charge in [-0.25, -0.2) is 4.68 Å². The van der Waals surface area contributed by atoms with Gasteiger partial charge in [-0.05, 0) is 37.1 Å². The van der Waals surface area contributed by atoms with Gasteiger partial charge in [0.15, 0.2) is 0 Å². The monoisotopic (exact) mass is 279 g/mol. The number of hydrogen-bond acceptors (Lipinski definition) is 3. The second-order valence-electron chi connectivity index (χ2n) is 5.11. The Bertz CT molecular complexity index is 777. The summed E-state index contributed by atoms with van der Waals surface area (Å²) in [7, 11) is 0. The molecule has 0 spiro atoms. The summed E-state index contributed by atoms with van der Waals surface area (Å²) >= 11 is 0. The summed E-state index contributed by atoms with van der Waals surface area (Å²) in [4.78, 5) is 0. The Morgan fingerprint density at radius 2 is 1.86 bits per heavy atom. The minimum atomic E-state index is -0.129. The van der Waals surface area contributed by atoms with Crippen LogP contribution in [0.4, 0.5) is 0 Å². The first-order valence-electron chi connectivity index (χ1n) is 6.89. The number of rotatable bonds is 3. The lowest BCUT2D eigenvalue weighted by Crippen LogP contribution is -2.01. The van der Waals surface area contributed by atoms with Gasteiger partial charge in [0.05, 0.1) is 12.3 Å². The van der Waals surface area contributed by atoms with Crippen molar-refractivity contribution in [2.75, 3.05) is 0 Å². The van der Waals surface area contributed by atoms with Crippen molar-refractivity contribution in [1.29, 1.82) is 0 Å². The van der Waals surface area contributed by atoms with Crippen LogP contribution < -0.4 is 0 Å². The first-order chi connectivity index (χ1) is 10.2. The molecular weight excluding hydrogens is 262 g/mol. The normalized spacial score (nSPS) is 10.8. The van der Waals surface area contributed by atoms with E-state index in [9.17, 15) is 5.11 Å². The van der Waals surface area contributed by atoms with Crippen molar-refractivity contribution >= 4 is 0 Å². The van der Waals surface area contributed by atoms with Crippen molar-refractivity contribution in [2.45, 2.75) is 20.5 Å². The second-order valence-corrected chi connectivity index (χ2v) is 5.11. The van der Waals surface area contributed by atoms with Crippen LogP contribution in [0.3, 0.4) is 0 Å². The first kappa shape index (κ1) is 13.5. The largest absolute Gasteiger partial charge is 0.390 e. The summed E-state index contributed by atoms with van der Waals surface area (Å²) in [6.45, 7) is 3.96. The van der Waals surface area contributed by atoms with E-state index in [1.165, 1.54) is 0 Å². The van der Waals surface area contributed by atoms with Gasteiger partial charge in [0.1, 0.15) is 11.4 Å². The van der Waals surface area contributed by atoms with Crippen LogP contribution in [0, 0.1) is 13.8 Å². The highest BCUT2D eigenvalue weighted by atomic mass is 16.3. The maximum Gasteiger partial charge on any atom is 0.117 e. The van der Waals surface area contributed by atoms with Crippen molar-refractivity contribution in [3.8, 4) is 16.9 Å². The summed E-state index contributed by atoms with van der Waals surface area (Å²) < 4.78 is 1.79. The molecule has 1 N–H and O–H groups in total. The zero-order chi connectivity index (χ0) is 14.8. The highest BCUT2D eigenvalue weighted by Gasteiger charge is 2.17. The summed E-state index contributed by atoms with van der Waals surface area (Å²) in [5.41, 5.74) is 5.70. The van der Waals surface area contributed by atoms with Crippen molar-refractivity contribution in [3.05, 3.63) is 65.4 Å². The van der Waals surface area contributed by atoms with Crippen LogP contribution in [-0.4, -0.2) is 20.1 Å². The zero-order valence-corrected chi connectivity index (χ0v) is 12.1. The third-order valence-corrected chi connectivity index (χ3v) is 3.54. The molecule has 0 fully saturated rings. The minimum absolute atomic E-state index is 0.129. The van der Waals surface area contributed by atoms with Crippen molar-refractivity contribution in [2.24, 2.45) is 0 Å². The summed E-state index contributed by atoms with van der Waals surface area (Å²) in [6, 6.07) is 16.1. The van der Waals surface area contributed by atoms with Gasteiger partial charge >= 0.3 is 0 Å². The lowest BCUT2D eigenvalue weighted by atomic mass is 10.0. The zero-order valence-electron chi connectivity index (χ0n) is 12.1. The molecule has 3 aromatic rings. The summed E-state index contributed by atoms with van der Waals surface area (Å²) in [5, 5.41) is 17.9. The molecule has 3 rings (SSSR count). The maximum atomic E-state index is 9.57. The molecule has 0 aliphatic heterocycles. The standard InChI is InChI=1S/C17H17N3O/c1-12-6-5-8-14(10-12)20-17(16(11-21)18-19-20)15-9-4-3-7-13(15)2/h3-10,21H,11H2,1-2H3. The van der Waals surface area contributed by atoms with E-state index in [-0.39, 0.29) is 6.61 Å². The van der Waals surface area contributed by atoms with Crippen LogP contribution in [0.1, 0.15) is 16.8 Å². The van der Waals surface area contributed by atoms with Crippen molar-refractivity contribution in [3.63, 3.8) is 0 Å². The molecule has 2 aromatic carbocycles. The molecule has 0 atom stereocenters. The van der Waals surface area contributed by atoms with Crippen molar-refractivity contribution in [1.82, 2.24) is 15.0 Å². The smallest absolute Gasteiger partial charge is 0.117 e. The highest BCUT2D eigenvalue weighted by Crippen LogP contribution is 2.28. The average Bonchev–Trinajstić information content (AvgIpc) is 2.91. The van der Waals surface area contributed by atoms with Crippen LogP contribution >= 0.6 is 0 Å². The molecule has 1 aromatic heterocycles. The van der Waals surface area contributed by atoms with Gasteiger partial charge in [-0.3, -0.25) is 0 Å². The highest BCUT2D eigenvalue weighted by molar-refractivity contribution is 5.67. The first-order valence-corrected chi connectivity index (χ1v) is 6.89. The van der Waals surface area contributed by atoms with Gasteiger partial charge in [-0.2, -0.15) is 0 Å². The van der Waals surface area contributed by atoms with Gasteiger partial charge in [0.25, 0.3) is 0 Å². The van der Waals surface area contributed by atoms with Gasteiger partial charge in [0.2, 0.25) is 0 Å². The van der Waals surface area contributed by atoms with E-state index in [1.54, 1.807) is 4.68 Å². The number of benzene rings is 2. The van der Waals surface area contributed by atoms with Crippen molar-refractivity contribution < 1.29 is 5.11 Å². The molecule has 4 heteroatoms. The molecular formula is C17H17N3O. The fourth-order valence-electron chi connectivity index (χ4n) is 2.47. The number of hydrogen-bond donors (Lipinski definition) is 1. The average molecular weight is 279 g/mol. The van der Waals surface area contributed by atoms with Gasteiger partial charge < -0.3 is 5.11 Å². The molecule has 0 saturated carbocycles. The molecule has 21 heavy (non-hydrogen) atoms. The molecule has 4 nitrogen and oxygen atoms in total. The Labute approximate surface area is 123 Å². The van der Waals surface area contributed by atoms with Crippen LogP contribution in [0.5, 0.6) is 0 Å². The fourth-order valence-corrected chi connectivity index (χ4v) is 2.47. The molecule has 1 heterocycles. The van der Waals surface area contributed by atoms with Gasteiger partial charge in [0, 0.05) is 5.56 Å². The topological polar surface area (TPSA) is 50.9 Å². The van der Waals surface area contributed by atoms with E-state index in [0.29, 0.717) is 5.69 Å². The van der Waals surface area contributed by atoms with E-state index in [1.807, 2.05) is 56.3 Å². The molecule has 0 bridgehead atoms. The summed E-state index contributed by atoms with van der Waals surface area (Å²) in [6.07, 6.45) is 0. The Hall–Kier alpha value is -2.46. The molecule has 0 saturated heterocycles. The Balaban J connectivity index is 2.24. The predicted molar refractivity (Wildman–Crippen MR) is 82.2 cm³/mol. The van der Waals surface area contributed by atoms with E-state index in [4.69, 9.17) is 0 Å². The number of aryl methyl sites for hydroxylation is 2. The third-order valence-electron chi connectivity index (χ3n) is 3.54. The lowest BCUT2D eigenvalue weighted by Gasteiger charge is -2.10. The van der Waals surface area contributed by atoms with Crippen LogP contribution in [0.25, 0.3) is 16.9 Å².